The van der Waals surface area contributed by atoms with E-state index in [1.54, 1.807) is 0 Å². The molecule has 0 unspecified atom stereocenters. The second-order valence-corrected chi connectivity index (χ2v) is 4.47. The Labute approximate surface area is 98.5 Å². The first-order chi connectivity index (χ1) is 7.74. The number of benzene rings is 1. The third-order valence-corrected chi connectivity index (χ3v) is 3.21. The number of hydrogen-bond acceptors (Lipinski definition) is 1. The zero-order chi connectivity index (χ0) is 11.1. The van der Waals surface area contributed by atoms with Crippen molar-refractivity contribution in [3.63, 3.8) is 0 Å². The SMILES string of the molecule is O=C1Cc2cc(Cl)ccc2Cn2cccc21. The molecule has 80 valence electrons. The number of Topliss-reactive ketones (excluding diaryl/α,β-unsaturated/α-hetero) is 1. The van der Waals surface area contributed by atoms with Crippen LogP contribution in [0.4, 0.5) is 0 Å². The van der Waals surface area contributed by atoms with Gasteiger partial charge in [-0.1, -0.05) is 17.7 Å². The smallest absolute Gasteiger partial charge is 0.183 e. The lowest BCUT2D eigenvalue weighted by molar-refractivity contribution is 0.0987. The van der Waals surface area contributed by atoms with Gasteiger partial charge in [-0.15, -0.1) is 0 Å². The molecule has 2 aromatic rings. The molecule has 0 spiro atoms. The molecular weight excluding hydrogens is 222 g/mol. The third kappa shape index (κ3) is 1.46. The summed E-state index contributed by atoms with van der Waals surface area (Å²) in [5.74, 6) is 0.158. The van der Waals surface area contributed by atoms with E-state index in [-0.39, 0.29) is 5.78 Å². The van der Waals surface area contributed by atoms with E-state index in [4.69, 9.17) is 11.6 Å². The highest BCUT2D eigenvalue weighted by Crippen LogP contribution is 2.23. The van der Waals surface area contributed by atoms with E-state index in [0.29, 0.717) is 11.4 Å². The summed E-state index contributed by atoms with van der Waals surface area (Å²) in [5, 5.41) is 0.693. The van der Waals surface area contributed by atoms with Gasteiger partial charge >= 0.3 is 0 Å². The summed E-state index contributed by atoms with van der Waals surface area (Å²) < 4.78 is 1.99. The Hall–Kier alpha value is -1.54. The number of carbonyl (C=O) groups excluding carboxylic acids is 1. The van der Waals surface area contributed by atoms with Crippen LogP contribution in [0.25, 0.3) is 0 Å². The average Bonchev–Trinajstić information content (AvgIpc) is 2.65. The molecule has 1 aromatic heterocycles. The summed E-state index contributed by atoms with van der Waals surface area (Å²) in [6.45, 7) is 0.751. The van der Waals surface area contributed by atoms with Crippen LogP contribution >= 0.6 is 11.6 Å². The van der Waals surface area contributed by atoms with Gasteiger partial charge in [0.25, 0.3) is 0 Å². The Morgan fingerprint density at radius 1 is 1.19 bits per heavy atom. The molecule has 0 atom stereocenters. The Morgan fingerprint density at radius 3 is 2.94 bits per heavy atom. The highest BCUT2D eigenvalue weighted by Gasteiger charge is 2.18. The van der Waals surface area contributed by atoms with E-state index in [2.05, 4.69) is 0 Å². The molecule has 0 saturated carbocycles. The van der Waals surface area contributed by atoms with Gasteiger partial charge in [0.15, 0.2) is 5.78 Å². The molecule has 0 aliphatic carbocycles. The van der Waals surface area contributed by atoms with Crippen molar-refractivity contribution in [1.29, 1.82) is 0 Å². The molecule has 1 aromatic carbocycles. The Balaban J connectivity index is 2.16. The summed E-state index contributed by atoms with van der Waals surface area (Å²) >= 11 is 5.94. The van der Waals surface area contributed by atoms with Crippen LogP contribution in [0.2, 0.25) is 5.02 Å². The Kier molecular flexibility index (Phi) is 2.11. The lowest BCUT2D eigenvalue weighted by atomic mass is 10.0. The van der Waals surface area contributed by atoms with Gasteiger partial charge in [-0.05, 0) is 35.4 Å². The molecule has 0 saturated heterocycles. The van der Waals surface area contributed by atoms with Crippen LogP contribution < -0.4 is 0 Å². The van der Waals surface area contributed by atoms with Crippen molar-refractivity contribution in [2.45, 2.75) is 13.0 Å². The van der Waals surface area contributed by atoms with Gasteiger partial charge in [0.2, 0.25) is 0 Å². The molecule has 0 radical (unpaired) electrons. The highest BCUT2D eigenvalue weighted by molar-refractivity contribution is 6.30. The fourth-order valence-corrected chi connectivity index (χ4v) is 2.36. The van der Waals surface area contributed by atoms with Crippen LogP contribution in [0.1, 0.15) is 21.6 Å². The molecule has 3 rings (SSSR count). The summed E-state index contributed by atoms with van der Waals surface area (Å²) in [7, 11) is 0. The molecule has 1 aliphatic rings. The molecule has 3 heteroatoms. The fourth-order valence-electron chi connectivity index (χ4n) is 2.17. The first-order valence-corrected chi connectivity index (χ1v) is 5.57. The predicted molar refractivity (Wildman–Crippen MR) is 63.0 cm³/mol. The molecule has 1 aliphatic heterocycles. The van der Waals surface area contributed by atoms with Gasteiger partial charge in [0.1, 0.15) is 0 Å². The van der Waals surface area contributed by atoms with Crippen molar-refractivity contribution in [3.05, 3.63) is 58.4 Å². The summed E-state index contributed by atoms with van der Waals surface area (Å²) in [4.78, 5) is 12.0. The van der Waals surface area contributed by atoms with Crippen LogP contribution in [0.15, 0.2) is 36.5 Å². The van der Waals surface area contributed by atoms with Gasteiger partial charge in [0, 0.05) is 24.2 Å². The number of fused-ring (bicyclic) bond motifs is 2. The second kappa shape index (κ2) is 3.49. The number of aromatic nitrogens is 1. The van der Waals surface area contributed by atoms with E-state index >= 15 is 0 Å². The minimum absolute atomic E-state index is 0.158. The number of carbonyl (C=O) groups is 1. The van der Waals surface area contributed by atoms with Gasteiger partial charge in [0.05, 0.1) is 5.69 Å². The van der Waals surface area contributed by atoms with Gasteiger partial charge in [-0.2, -0.15) is 0 Å². The van der Waals surface area contributed by atoms with E-state index in [0.717, 1.165) is 17.8 Å². The summed E-state index contributed by atoms with van der Waals surface area (Å²) in [5.41, 5.74) is 3.00. The van der Waals surface area contributed by atoms with Crippen molar-refractivity contribution < 1.29 is 4.79 Å². The number of rotatable bonds is 0. The minimum atomic E-state index is 0.158. The molecule has 0 fully saturated rings. The molecule has 2 nitrogen and oxygen atoms in total. The standard InChI is InChI=1S/C13H10ClNO/c14-11-4-3-9-8-15-5-1-2-12(15)13(16)7-10(9)6-11/h1-6H,7-8H2. The lowest BCUT2D eigenvalue weighted by Crippen LogP contribution is -2.05. The van der Waals surface area contributed by atoms with Crippen LogP contribution in [-0.4, -0.2) is 10.4 Å². The molecule has 0 amide bonds. The second-order valence-electron chi connectivity index (χ2n) is 4.03. The first kappa shape index (κ1) is 9.67. The zero-order valence-electron chi connectivity index (χ0n) is 8.61. The molecule has 2 heterocycles. The van der Waals surface area contributed by atoms with Gasteiger partial charge < -0.3 is 4.57 Å². The van der Waals surface area contributed by atoms with E-state index in [1.165, 1.54) is 5.56 Å². The first-order valence-electron chi connectivity index (χ1n) is 5.20. The number of halogens is 1. The van der Waals surface area contributed by atoms with E-state index in [9.17, 15) is 4.79 Å². The summed E-state index contributed by atoms with van der Waals surface area (Å²) in [6, 6.07) is 9.55. The average molecular weight is 232 g/mol. The maximum Gasteiger partial charge on any atom is 0.183 e. The van der Waals surface area contributed by atoms with Crippen molar-refractivity contribution >= 4 is 17.4 Å². The maximum absolute atomic E-state index is 12.0. The zero-order valence-corrected chi connectivity index (χ0v) is 9.37. The van der Waals surface area contributed by atoms with Gasteiger partial charge in [-0.25, -0.2) is 0 Å². The van der Waals surface area contributed by atoms with Crippen LogP contribution in [0.3, 0.4) is 0 Å². The van der Waals surface area contributed by atoms with E-state index in [1.807, 2.05) is 41.1 Å². The number of nitrogens with zero attached hydrogens (tertiary/aromatic N) is 1. The van der Waals surface area contributed by atoms with Crippen LogP contribution in [-0.2, 0) is 13.0 Å². The third-order valence-electron chi connectivity index (χ3n) is 2.98. The van der Waals surface area contributed by atoms with Crippen molar-refractivity contribution in [3.8, 4) is 0 Å². The van der Waals surface area contributed by atoms with Gasteiger partial charge in [-0.3, -0.25) is 4.79 Å². The van der Waals surface area contributed by atoms with Crippen molar-refractivity contribution in [1.82, 2.24) is 4.57 Å². The number of ketones is 1. The lowest BCUT2D eigenvalue weighted by Gasteiger charge is -2.06. The van der Waals surface area contributed by atoms with Crippen molar-refractivity contribution in [2.75, 3.05) is 0 Å². The quantitative estimate of drug-likeness (QED) is 0.683. The normalized spacial score (nSPS) is 14.2. The molecular formula is C13H10ClNO. The van der Waals surface area contributed by atoms with Crippen molar-refractivity contribution in [2.24, 2.45) is 0 Å². The highest BCUT2D eigenvalue weighted by atomic mass is 35.5. The fraction of sp³-hybridized carbons (Fsp3) is 0.154. The monoisotopic (exact) mass is 231 g/mol. The number of hydrogen-bond donors (Lipinski definition) is 0. The Bertz CT molecular complexity index is 571. The largest absolute Gasteiger partial charge is 0.341 e. The maximum atomic E-state index is 12.0. The van der Waals surface area contributed by atoms with E-state index < -0.39 is 0 Å². The minimum Gasteiger partial charge on any atom is -0.341 e. The molecule has 0 bridgehead atoms. The van der Waals surface area contributed by atoms with Crippen LogP contribution in [0, 0.1) is 0 Å². The topological polar surface area (TPSA) is 22.0 Å². The molecule has 16 heavy (non-hydrogen) atoms. The Morgan fingerprint density at radius 2 is 2.06 bits per heavy atom. The molecule has 0 N–H and O–H groups in total. The van der Waals surface area contributed by atoms with Crippen LogP contribution in [0.5, 0.6) is 0 Å². The predicted octanol–water partition coefficient (Wildman–Crippen LogP) is 2.93. The summed E-state index contributed by atoms with van der Waals surface area (Å²) in [6.07, 6.45) is 2.39.